The van der Waals surface area contributed by atoms with E-state index in [-0.39, 0.29) is 24.7 Å². The summed E-state index contributed by atoms with van der Waals surface area (Å²) in [5, 5.41) is 11.5. The number of nitrogens with zero attached hydrogens (tertiary/aromatic N) is 1. The summed E-state index contributed by atoms with van der Waals surface area (Å²) in [5.74, 6) is 0.842. The molecule has 0 aliphatic rings. The Labute approximate surface area is 107 Å². The first-order valence-corrected chi connectivity index (χ1v) is 6.90. The normalized spacial score (nSPS) is 12.3. The van der Waals surface area contributed by atoms with Gasteiger partial charge in [-0.15, -0.1) is 0 Å². The second-order valence-electron chi connectivity index (χ2n) is 4.13. The van der Waals surface area contributed by atoms with Crippen molar-refractivity contribution in [3.8, 4) is 0 Å². The van der Waals surface area contributed by atoms with Gasteiger partial charge in [-0.2, -0.15) is 11.8 Å². The molecule has 5 nitrogen and oxygen atoms in total. The van der Waals surface area contributed by atoms with Gasteiger partial charge in [-0.1, -0.05) is 6.92 Å². The number of thioether (sulfide) groups is 1. The van der Waals surface area contributed by atoms with Crippen LogP contribution in [0.15, 0.2) is 0 Å². The molecule has 0 aromatic rings. The van der Waals surface area contributed by atoms with Crippen LogP contribution in [0, 0.1) is 0 Å². The fourth-order valence-corrected chi connectivity index (χ4v) is 1.94. The fraction of sp³-hybridized carbons (Fsp3) is 0.818. The van der Waals surface area contributed by atoms with Crippen molar-refractivity contribution in [2.75, 3.05) is 18.1 Å². The zero-order valence-corrected chi connectivity index (χ0v) is 11.7. The number of hydrogen-bond acceptors (Lipinski definition) is 3. The highest BCUT2D eigenvalue weighted by Crippen LogP contribution is 2.04. The number of hydrogen-bond donors (Lipinski definition) is 2. The van der Waals surface area contributed by atoms with E-state index in [1.54, 1.807) is 25.6 Å². The maximum Gasteiger partial charge on any atom is 0.323 e. The number of urea groups is 1. The summed E-state index contributed by atoms with van der Waals surface area (Å²) < 4.78 is 0. The van der Waals surface area contributed by atoms with E-state index in [1.807, 2.05) is 6.92 Å². The number of rotatable bonds is 7. The molecule has 0 heterocycles. The maximum absolute atomic E-state index is 11.8. The molecule has 0 radical (unpaired) electrons. The molecule has 0 aliphatic heterocycles. The van der Waals surface area contributed by atoms with Gasteiger partial charge in [0.25, 0.3) is 0 Å². The van der Waals surface area contributed by atoms with Gasteiger partial charge in [-0.05, 0) is 26.5 Å². The lowest BCUT2D eigenvalue weighted by molar-refractivity contribution is -0.138. The summed E-state index contributed by atoms with van der Waals surface area (Å²) in [6, 6.07) is -0.397. The van der Waals surface area contributed by atoms with Gasteiger partial charge in [-0.25, -0.2) is 4.79 Å². The molecular weight excluding hydrogens is 240 g/mol. The van der Waals surface area contributed by atoms with Gasteiger partial charge in [0.1, 0.15) is 6.54 Å². The molecule has 0 saturated carbocycles. The van der Waals surface area contributed by atoms with E-state index in [2.05, 4.69) is 12.2 Å². The molecule has 2 amide bonds. The van der Waals surface area contributed by atoms with E-state index in [0.717, 1.165) is 11.5 Å². The van der Waals surface area contributed by atoms with E-state index in [0.29, 0.717) is 0 Å². The molecule has 1 unspecified atom stereocenters. The molecule has 0 fully saturated rings. The average Bonchev–Trinajstić information content (AvgIpc) is 2.22. The lowest BCUT2D eigenvalue weighted by Crippen LogP contribution is -2.49. The minimum absolute atomic E-state index is 0.0440. The first kappa shape index (κ1) is 16.1. The standard InChI is InChI=1S/C11H22N2O3S/c1-5-17-7-9(4)12-11(16)13(8(2)3)6-10(14)15/h8-9H,5-7H2,1-4H3,(H,12,16)(H,14,15). The zero-order chi connectivity index (χ0) is 13.4. The molecule has 0 aliphatic carbocycles. The number of amides is 2. The van der Waals surface area contributed by atoms with Crippen molar-refractivity contribution in [1.82, 2.24) is 10.2 Å². The number of carboxylic acids is 1. The molecule has 1 atom stereocenters. The second kappa shape index (κ2) is 8.22. The van der Waals surface area contributed by atoms with Crippen LogP contribution in [0.5, 0.6) is 0 Å². The number of aliphatic carboxylic acids is 1. The molecule has 6 heteroatoms. The van der Waals surface area contributed by atoms with Crippen LogP contribution in [0.4, 0.5) is 4.79 Å². The summed E-state index contributed by atoms with van der Waals surface area (Å²) in [6.07, 6.45) is 0. The molecule has 0 spiro atoms. The third kappa shape index (κ3) is 7.10. The lowest BCUT2D eigenvalue weighted by Gasteiger charge is -2.27. The summed E-state index contributed by atoms with van der Waals surface area (Å²) in [4.78, 5) is 23.8. The second-order valence-corrected chi connectivity index (χ2v) is 5.44. The van der Waals surface area contributed by atoms with Crippen LogP contribution in [-0.2, 0) is 4.79 Å². The highest BCUT2D eigenvalue weighted by atomic mass is 32.2. The first-order valence-electron chi connectivity index (χ1n) is 5.75. The Morgan fingerprint density at radius 1 is 1.35 bits per heavy atom. The topological polar surface area (TPSA) is 69.6 Å². The Kier molecular flexibility index (Phi) is 7.78. The third-order valence-corrected chi connectivity index (χ3v) is 3.28. The van der Waals surface area contributed by atoms with Gasteiger partial charge in [0, 0.05) is 17.8 Å². The van der Waals surface area contributed by atoms with Crippen molar-refractivity contribution < 1.29 is 14.7 Å². The molecule has 2 N–H and O–H groups in total. The lowest BCUT2D eigenvalue weighted by atomic mass is 10.3. The van der Waals surface area contributed by atoms with E-state index < -0.39 is 5.97 Å². The Balaban J connectivity index is 4.27. The number of carbonyl (C=O) groups excluding carboxylic acids is 1. The largest absolute Gasteiger partial charge is 0.480 e. The van der Waals surface area contributed by atoms with Crippen LogP contribution in [-0.4, -0.2) is 52.1 Å². The monoisotopic (exact) mass is 262 g/mol. The van der Waals surface area contributed by atoms with Gasteiger partial charge in [-0.3, -0.25) is 4.79 Å². The summed E-state index contributed by atoms with van der Waals surface area (Å²) in [5.41, 5.74) is 0. The Bertz CT molecular complexity index is 259. The fourth-order valence-electron chi connectivity index (χ4n) is 1.26. The van der Waals surface area contributed by atoms with Crippen LogP contribution < -0.4 is 5.32 Å². The van der Waals surface area contributed by atoms with Crippen molar-refractivity contribution in [2.24, 2.45) is 0 Å². The molecule has 0 aromatic heterocycles. The Morgan fingerprint density at radius 3 is 2.35 bits per heavy atom. The van der Waals surface area contributed by atoms with Gasteiger partial charge in [0.05, 0.1) is 0 Å². The molecular formula is C11H22N2O3S. The molecule has 0 saturated heterocycles. The van der Waals surface area contributed by atoms with E-state index in [1.165, 1.54) is 4.90 Å². The molecule has 0 aromatic carbocycles. The molecule has 0 bridgehead atoms. The number of carbonyl (C=O) groups is 2. The van der Waals surface area contributed by atoms with Crippen molar-refractivity contribution in [2.45, 2.75) is 39.8 Å². The SMILES string of the molecule is CCSCC(C)NC(=O)N(CC(=O)O)C(C)C. The minimum Gasteiger partial charge on any atom is -0.480 e. The quantitative estimate of drug-likeness (QED) is 0.731. The van der Waals surface area contributed by atoms with Crippen molar-refractivity contribution in [1.29, 1.82) is 0 Å². The van der Waals surface area contributed by atoms with Crippen molar-refractivity contribution >= 4 is 23.8 Å². The zero-order valence-electron chi connectivity index (χ0n) is 10.9. The highest BCUT2D eigenvalue weighted by Gasteiger charge is 2.20. The predicted molar refractivity (Wildman–Crippen MR) is 70.5 cm³/mol. The average molecular weight is 262 g/mol. The Morgan fingerprint density at radius 2 is 1.94 bits per heavy atom. The van der Waals surface area contributed by atoms with Gasteiger partial charge in [0.2, 0.25) is 0 Å². The predicted octanol–water partition coefficient (Wildman–Crippen LogP) is 1.63. The first-order chi connectivity index (χ1) is 7.88. The van der Waals surface area contributed by atoms with Gasteiger partial charge < -0.3 is 15.3 Å². The van der Waals surface area contributed by atoms with Crippen molar-refractivity contribution in [3.05, 3.63) is 0 Å². The van der Waals surface area contributed by atoms with Gasteiger partial charge in [0.15, 0.2) is 0 Å². The minimum atomic E-state index is -0.996. The third-order valence-electron chi connectivity index (χ3n) is 2.13. The summed E-state index contributed by atoms with van der Waals surface area (Å²) in [6.45, 7) is 7.31. The van der Waals surface area contributed by atoms with Gasteiger partial charge >= 0.3 is 12.0 Å². The van der Waals surface area contributed by atoms with Crippen LogP contribution in [0.2, 0.25) is 0 Å². The van der Waals surface area contributed by atoms with Crippen LogP contribution in [0.3, 0.4) is 0 Å². The number of nitrogens with one attached hydrogen (secondary N) is 1. The Hall–Kier alpha value is -0.910. The molecule has 0 rings (SSSR count). The summed E-state index contributed by atoms with van der Waals surface area (Å²) >= 11 is 1.74. The summed E-state index contributed by atoms with van der Waals surface area (Å²) in [7, 11) is 0. The van der Waals surface area contributed by atoms with E-state index >= 15 is 0 Å². The molecule has 17 heavy (non-hydrogen) atoms. The number of carboxylic acid groups (broad SMARTS) is 1. The highest BCUT2D eigenvalue weighted by molar-refractivity contribution is 7.99. The van der Waals surface area contributed by atoms with Crippen LogP contribution in [0.25, 0.3) is 0 Å². The van der Waals surface area contributed by atoms with E-state index in [4.69, 9.17) is 5.11 Å². The van der Waals surface area contributed by atoms with Crippen LogP contribution >= 0.6 is 11.8 Å². The maximum atomic E-state index is 11.8. The van der Waals surface area contributed by atoms with E-state index in [9.17, 15) is 9.59 Å². The van der Waals surface area contributed by atoms with Crippen LogP contribution in [0.1, 0.15) is 27.7 Å². The smallest absolute Gasteiger partial charge is 0.323 e. The molecule has 100 valence electrons. The van der Waals surface area contributed by atoms with Crippen molar-refractivity contribution in [3.63, 3.8) is 0 Å².